The van der Waals surface area contributed by atoms with E-state index in [1.54, 1.807) is 41.0 Å². The third-order valence-electron chi connectivity index (χ3n) is 4.95. The molecule has 0 bridgehead atoms. The van der Waals surface area contributed by atoms with Gasteiger partial charge in [0.15, 0.2) is 0 Å². The lowest BCUT2D eigenvalue weighted by Gasteiger charge is -2.12. The SMILES string of the molecule is CCC(C)NC(=O)Cc1c(C)n(C(=O)c2cccc(Cl)c2)c2ccc(O)cc12. The molecule has 1 amide bonds. The average molecular weight is 399 g/mol. The lowest BCUT2D eigenvalue weighted by Crippen LogP contribution is -2.33. The van der Waals surface area contributed by atoms with Crippen LogP contribution in [-0.4, -0.2) is 27.5 Å². The highest BCUT2D eigenvalue weighted by Crippen LogP contribution is 2.30. The maximum atomic E-state index is 13.2. The Kier molecular flexibility index (Phi) is 5.75. The van der Waals surface area contributed by atoms with E-state index in [1.165, 1.54) is 6.07 Å². The number of carbonyl (C=O) groups excluding carboxylic acids is 2. The van der Waals surface area contributed by atoms with Crippen molar-refractivity contribution in [2.45, 2.75) is 39.7 Å². The van der Waals surface area contributed by atoms with Crippen molar-refractivity contribution in [3.05, 3.63) is 64.3 Å². The molecule has 146 valence electrons. The molecule has 1 aromatic heterocycles. The fourth-order valence-corrected chi connectivity index (χ4v) is 3.49. The molecule has 0 aliphatic rings. The third kappa shape index (κ3) is 3.90. The Morgan fingerprint density at radius 1 is 1.21 bits per heavy atom. The number of aromatic hydroxyl groups is 1. The maximum absolute atomic E-state index is 13.2. The van der Waals surface area contributed by atoms with Gasteiger partial charge in [-0.05, 0) is 62.2 Å². The van der Waals surface area contributed by atoms with Crippen LogP contribution in [0, 0.1) is 6.92 Å². The van der Waals surface area contributed by atoms with Crippen LogP contribution in [0.4, 0.5) is 0 Å². The minimum atomic E-state index is -0.232. The van der Waals surface area contributed by atoms with E-state index in [-0.39, 0.29) is 30.0 Å². The Bertz CT molecular complexity index is 1060. The van der Waals surface area contributed by atoms with E-state index >= 15 is 0 Å². The minimum absolute atomic E-state index is 0.0719. The van der Waals surface area contributed by atoms with Gasteiger partial charge in [0.25, 0.3) is 5.91 Å². The minimum Gasteiger partial charge on any atom is -0.508 e. The van der Waals surface area contributed by atoms with Crippen molar-refractivity contribution in [1.82, 2.24) is 9.88 Å². The normalized spacial score (nSPS) is 12.1. The Hall–Kier alpha value is -2.79. The quantitative estimate of drug-likeness (QED) is 0.666. The molecule has 0 fully saturated rings. The van der Waals surface area contributed by atoms with Crippen molar-refractivity contribution in [3.8, 4) is 5.75 Å². The molecule has 1 atom stereocenters. The number of benzene rings is 2. The van der Waals surface area contributed by atoms with Gasteiger partial charge in [0.1, 0.15) is 5.75 Å². The molecule has 6 heteroatoms. The predicted octanol–water partition coefficient (Wildman–Crippen LogP) is 4.45. The summed E-state index contributed by atoms with van der Waals surface area (Å²) in [4.78, 5) is 25.7. The van der Waals surface area contributed by atoms with Gasteiger partial charge in [-0.15, -0.1) is 0 Å². The molecule has 1 unspecified atom stereocenters. The molecule has 28 heavy (non-hydrogen) atoms. The van der Waals surface area contributed by atoms with Crippen LogP contribution < -0.4 is 5.32 Å². The summed E-state index contributed by atoms with van der Waals surface area (Å²) in [5.41, 5.74) is 2.50. The highest BCUT2D eigenvalue weighted by Gasteiger charge is 2.22. The van der Waals surface area contributed by atoms with E-state index in [9.17, 15) is 14.7 Å². The molecule has 0 saturated carbocycles. The number of hydrogen-bond acceptors (Lipinski definition) is 3. The molecule has 0 radical (unpaired) electrons. The Labute approximate surface area is 168 Å². The highest BCUT2D eigenvalue weighted by atomic mass is 35.5. The van der Waals surface area contributed by atoms with E-state index in [2.05, 4.69) is 5.32 Å². The van der Waals surface area contributed by atoms with E-state index in [0.717, 1.165) is 12.0 Å². The molecule has 0 aliphatic carbocycles. The molecular formula is C22H23ClN2O3. The summed E-state index contributed by atoms with van der Waals surface area (Å²) >= 11 is 6.04. The smallest absolute Gasteiger partial charge is 0.262 e. The number of phenols is 1. The van der Waals surface area contributed by atoms with Crippen molar-refractivity contribution in [2.24, 2.45) is 0 Å². The summed E-state index contributed by atoms with van der Waals surface area (Å²) in [5, 5.41) is 14.1. The number of fused-ring (bicyclic) bond motifs is 1. The van der Waals surface area contributed by atoms with Crippen LogP contribution in [0.2, 0.25) is 5.02 Å². The first-order valence-electron chi connectivity index (χ1n) is 9.24. The van der Waals surface area contributed by atoms with Gasteiger partial charge < -0.3 is 10.4 Å². The van der Waals surface area contributed by atoms with Crippen molar-refractivity contribution in [1.29, 1.82) is 0 Å². The van der Waals surface area contributed by atoms with E-state index in [0.29, 0.717) is 27.2 Å². The fourth-order valence-electron chi connectivity index (χ4n) is 3.30. The van der Waals surface area contributed by atoms with Gasteiger partial charge in [0.05, 0.1) is 11.9 Å². The first kappa shape index (κ1) is 20.0. The Balaban J connectivity index is 2.10. The molecule has 0 aliphatic heterocycles. The van der Waals surface area contributed by atoms with Crippen molar-refractivity contribution in [2.75, 3.05) is 0 Å². The number of phenolic OH excluding ortho intramolecular Hbond substituents is 1. The zero-order valence-corrected chi connectivity index (χ0v) is 16.9. The highest BCUT2D eigenvalue weighted by molar-refractivity contribution is 6.31. The standard InChI is InChI=1S/C22H23ClN2O3/c1-4-13(2)24-21(27)12-18-14(3)25(20-9-8-17(26)11-19(18)20)22(28)15-6-5-7-16(23)10-15/h5-11,13,26H,4,12H2,1-3H3,(H,24,27). The van der Waals surface area contributed by atoms with Gasteiger partial charge in [-0.3, -0.25) is 14.2 Å². The molecule has 2 aromatic carbocycles. The zero-order valence-electron chi connectivity index (χ0n) is 16.1. The number of rotatable bonds is 5. The molecule has 1 heterocycles. The maximum Gasteiger partial charge on any atom is 0.262 e. The fraction of sp³-hybridized carbons (Fsp3) is 0.273. The first-order chi connectivity index (χ1) is 13.3. The van der Waals surface area contributed by atoms with Gasteiger partial charge in [-0.1, -0.05) is 24.6 Å². The van der Waals surface area contributed by atoms with E-state index in [4.69, 9.17) is 11.6 Å². The molecule has 0 spiro atoms. The zero-order chi connectivity index (χ0) is 20.4. The largest absolute Gasteiger partial charge is 0.508 e. The van der Waals surface area contributed by atoms with E-state index in [1.807, 2.05) is 20.8 Å². The number of nitrogens with one attached hydrogen (secondary N) is 1. The van der Waals surface area contributed by atoms with Gasteiger partial charge in [-0.25, -0.2) is 0 Å². The second-order valence-corrected chi connectivity index (χ2v) is 7.41. The van der Waals surface area contributed by atoms with Gasteiger partial charge in [0, 0.05) is 27.7 Å². The second kappa shape index (κ2) is 8.07. The van der Waals surface area contributed by atoms with Crippen LogP contribution in [-0.2, 0) is 11.2 Å². The molecular weight excluding hydrogens is 376 g/mol. The number of halogens is 1. The number of carbonyl (C=O) groups is 2. The van der Waals surface area contributed by atoms with Crippen LogP contribution in [0.15, 0.2) is 42.5 Å². The van der Waals surface area contributed by atoms with Crippen LogP contribution in [0.5, 0.6) is 5.75 Å². The number of hydrogen-bond donors (Lipinski definition) is 2. The summed E-state index contributed by atoms with van der Waals surface area (Å²) in [6.07, 6.45) is 0.965. The van der Waals surface area contributed by atoms with Crippen LogP contribution >= 0.6 is 11.6 Å². The predicted molar refractivity (Wildman–Crippen MR) is 111 cm³/mol. The average Bonchev–Trinajstić information content (AvgIpc) is 2.92. The number of nitrogens with zero attached hydrogens (tertiary/aromatic N) is 1. The summed E-state index contributed by atoms with van der Waals surface area (Å²) in [5.74, 6) is -0.261. The molecule has 3 aromatic rings. The summed E-state index contributed by atoms with van der Waals surface area (Å²) in [7, 11) is 0. The van der Waals surface area contributed by atoms with E-state index < -0.39 is 0 Å². The molecule has 5 nitrogen and oxygen atoms in total. The van der Waals surface area contributed by atoms with Gasteiger partial charge in [-0.2, -0.15) is 0 Å². The van der Waals surface area contributed by atoms with Crippen molar-refractivity contribution >= 4 is 34.3 Å². The van der Waals surface area contributed by atoms with Crippen molar-refractivity contribution < 1.29 is 14.7 Å². The monoisotopic (exact) mass is 398 g/mol. The van der Waals surface area contributed by atoms with Crippen molar-refractivity contribution in [3.63, 3.8) is 0 Å². The molecule has 0 saturated heterocycles. The number of amides is 1. The summed E-state index contributed by atoms with van der Waals surface area (Å²) < 4.78 is 1.58. The van der Waals surface area contributed by atoms with Crippen LogP contribution in [0.1, 0.15) is 41.9 Å². The Morgan fingerprint density at radius 2 is 1.96 bits per heavy atom. The first-order valence-corrected chi connectivity index (χ1v) is 9.62. The second-order valence-electron chi connectivity index (χ2n) is 6.97. The third-order valence-corrected chi connectivity index (χ3v) is 5.19. The molecule has 2 N–H and O–H groups in total. The summed E-state index contributed by atoms with van der Waals surface area (Å²) in [6, 6.07) is 11.6. The lowest BCUT2D eigenvalue weighted by molar-refractivity contribution is -0.121. The number of aromatic nitrogens is 1. The molecule has 3 rings (SSSR count). The van der Waals surface area contributed by atoms with Gasteiger partial charge in [0.2, 0.25) is 5.91 Å². The Morgan fingerprint density at radius 3 is 2.64 bits per heavy atom. The van der Waals surface area contributed by atoms with Gasteiger partial charge >= 0.3 is 0 Å². The summed E-state index contributed by atoms with van der Waals surface area (Å²) in [6.45, 7) is 5.76. The lowest BCUT2D eigenvalue weighted by atomic mass is 10.1. The van der Waals surface area contributed by atoms with Crippen LogP contribution in [0.25, 0.3) is 10.9 Å². The topological polar surface area (TPSA) is 71.3 Å². The van der Waals surface area contributed by atoms with Crippen LogP contribution in [0.3, 0.4) is 0 Å².